The van der Waals surface area contributed by atoms with Crippen LogP contribution in [0.15, 0.2) is 0 Å². The van der Waals surface area contributed by atoms with Crippen LogP contribution in [0.25, 0.3) is 0 Å². The summed E-state index contributed by atoms with van der Waals surface area (Å²) in [6, 6.07) is 0. The van der Waals surface area contributed by atoms with Crippen molar-refractivity contribution in [1.82, 2.24) is 10.1 Å². The highest BCUT2D eigenvalue weighted by atomic mass is 16.1. The number of nitrogens with zero attached hydrogens (tertiary/aromatic N) is 1. The molecular formula is C33H65BN2O3. The molecule has 228 valence electrons. The van der Waals surface area contributed by atoms with Crippen molar-refractivity contribution in [3.05, 3.63) is 0 Å². The van der Waals surface area contributed by atoms with Gasteiger partial charge in [-0.3, -0.25) is 14.5 Å². The van der Waals surface area contributed by atoms with Crippen molar-refractivity contribution in [2.45, 2.75) is 152 Å². The molecule has 0 aromatic heterocycles. The van der Waals surface area contributed by atoms with Gasteiger partial charge in [-0.25, -0.2) is 0 Å². The van der Waals surface area contributed by atoms with E-state index >= 15 is 0 Å². The van der Waals surface area contributed by atoms with E-state index in [0.29, 0.717) is 24.0 Å². The van der Waals surface area contributed by atoms with E-state index in [4.69, 9.17) is 0 Å². The number of rotatable bonds is 22. The molecule has 0 aromatic carbocycles. The molecule has 0 aliphatic rings. The molecule has 1 N–H and O–H groups in total. The smallest absolute Gasteiger partial charge is 0.284 e. The molecule has 0 aliphatic carbocycles. The van der Waals surface area contributed by atoms with E-state index in [2.05, 4.69) is 79.4 Å². The maximum Gasteiger partial charge on any atom is 0.284 e. The zero-order chi connectivity index (χ0) is 30.6. The van der Waals surface area contributed by atoms with Gasteiger partial charge in [0, 0.05) is 29.3 Å². The number of carbonyl (C=O) groups is 3. The number of hydrogen-bond acceptors (Lipinski definition) is 5. The first-order valence-electron chi connectivity index (χ1n) is 16.2. The second kappa shape index (κ2) is 17.1. The van der Waals surface area contributed by atoms with Gasteiger partial charge in [-0.2, -0.15) is 0 Å². The molecule has 5 nitrogen and oxygen atoms in total. The van der Waals surface area contributed by atoms with Crippen molar-refractivity contribution in [1.29, 1.82) is 0 Å². The zero-order valence-electron chi connectivity index (χ0n) is 28.3. The Morgan fingerprint density at radius 3 is 1.69 bits per heavy atom. The Morgan fingerprint density at radius 1 is 0.769 bits per heavy atom. The quantitative estimate of drug-likeness (QED) is 0.145. The maximum absolute atomic E-state index is 13.9. The van der Waals surface area contributed by atoms with Crippen molar-refractivity contribution in [2.75, 3.05) is 13.1 Å². The van der Waals surface area contributed by atoms with E-state index < -0.39 is 11.0 Å². The zero-order valence-corrected chi connectivity index (χ0v) is 28.3. The topological polar surface area (TPSA) is 66.5 Å². The van der Waals surface area contributed by atoms with Crippen LogP contribution < -0.4 is 5.23 Å². The first-order chi connectivity index (χ1) is 18.1. The lowest BCUT2D eigenvalue weighted by molar-refractivity contribution is -0.131. The van der Waals surface area contributed by atoms with Gasteiger partial charge in [0.25, 0.3) is 7.41 Å². The molecular weight excluding hydrogens is 483 g/mol. The monoisotopic (exact) mass is 549 g/mol. The minimum absolute atomic E-state index is 0.0688. The molecule has 6 atom stereocenters. The summed E-state index contributed by atoms with van der Waals surface area (Å²) in [5.41, 5.74) is -1.34. The summed E-state index contributed by atoms with van der Waals surface area (Å²) >= 11 is 0. The molecule has 0 saturated heterocycles. The van der Waals surface area contributed by atoms with E-state index in [9.17, 15) is 14.4 Å². The summed E-state index contributed by atoms with van der Waals surface area (Å²) < 4.78 is 0. The first-order valence-corrected chi connectivity index (χ1v) is 16.2. The Balaban J connectivity index is 5.67. The molecule has 0 heterocycles. The van der Waals surface area contributed by atoms with Gasteiger partial charge in [0.1, 0.15) is 17.2 Å². The Bertz CT molecular complexity index is 770. The van der Waals surface area contributed by atoms with Crippen molar-refractivity contribution < 1.29 is 14.4 Å². The molecule has 0 spiro atoms. The average molecular weight is 549 g/mol. The molecule has 0 aromatic rings. The highest BCUT2D eigenvalue weighted by molar-refractivity contribution is 6.73. The van der Waals surface area contributed by atoms with Crippen LogP contribution in [0.2, 0.25) is 0 Å². The molecule has 6 unspecified atom stereocenters. The van der Waals surface area contributed by atoms with Crippen molar-refractivity contribution >= 4 is 24.7 Å². The number of nitrogens with one attached hydrogen (secondary N) is 1. The Labute approximate surface area is 243 Å². The summed E-state index contributed by atoms with van der Waals surface area (Å²) in [6.45, 7) is 29.3. The van der Waals surface area contributed by atoms with Crippen molar-refractivity contribution in [3.8, 4) is 0 Å². The number of ketones is 2. The maximum atomic E-state index is 13.9. The third-order valence-electron chi connectivity index (χ3n) is 10.7. The number of carbonyl (C=O) groups excluding carboxylic acids is 3. The molecule has 0 fully saturated rings. The Kier molecular flexibility index (Phi) is 16.6. The fraction of sp³-hybridized carbons (Fsp3) is 0.909. The van der Waals surface area contributed by atoms with Crippen molar-refractivity contribution in [2.24, 2.45) is 29.1 Å². The summed E-state index contributed by atoms with van der Waals surface area (Å²) in [4.78, 5) is 41.7. The van der Waals surface area contributed by atoms with E-state index in [1.54, 1.807) is 6.92 Å². The van der Waals surface area contributed by atoms with Crippen LogP contribution in [0.4, 0.5) is 0 Å². The molecule has 0 bridgehead atoms. The van der Waals surface area contributed by atoms with Crippen LogP contribution in [-0.4, -0.2) is 53.7 Å². The standard InChI is InChI=1S/C33H65BN2O3/c1-14-27(15-2)29(38)28(16-3)22-24(8)21-25(9)23-36(20-7)33(13,19-6)31(11,17-4)30(39)34-35-32(12,18-5)26(10)37/h24-25,27-28,34-35H,14-23H2,1-13H3. The van der Waals surface area contributed by atoms with Gasteiger partial charge in [0.2, 0.25) is 0 Å². The van der Waals surface area contributed by atoms with Crippen LogP contribution >= 0.6 is 0 Å². The molecule has 0 radical (unpaired) electrons. The van der Waals surface area contributed by atoms with E-state index in [1.807, 2.05) is 13.8 Å². The molecule has 0 amide bonds. The summed E-state index contributed by atoms with van der Waals surface area (Å²) in [5.74, 6) is 1.84. The molecule has 0 rings (SSSR count). The summed E-state index contributed by atoms with van der Waals surface area (Å²) in [6.07, 6.45) is 7.13. The van der Waals surface area contributed by atoms with Gasteiger partial charge in [0.05, 0.1) is 5.54 Å². The van der Waals surface area contributed by atoms with Crippen LogP contribution in [0.3, 0.4) is 0 Å². The van der Waals surface area contributed by atoms with Gasteiger partial charge in [-0.05, 0) is 90.5 Å². The lowest BCUT2D eigenvalue weighted by Gasteiger charge is -2.53. The highest BCUT2D eigenvalue weighted by Gasteiger charge is 2.50. The predicted octanol–water partition coefficient (Wildman–Crippen LogP) is 7.20. The summed E-state index contributed by atoms with van der Waals surface area (Å²) in [7, 11) is 0.205. The van der Waals surface area contributed by atoms with Crippen LogP contribution in [0, 0.1) is 29.1 Å². The Morgan fingerprint density at radius 2 is 1.31 bits per heavy atom. The third-order valence-corrected chi connectivity index (χ3v) is 10.7. The normalized spacial score (nSPS) is 19.1. The molecule has 0 aliphatic heterocycles. The van der Waals surface area contributed by atoms with Crippen LogP contribution in [-0.2, 0) is 14.4 Å². The molecule has 6 heteroatoms. The largest absolute Gasteiger partial charge is 0.341 e. The SMILES string of the molecule is CCC(CC)C(=O)C(CC)CC(C)CC(C)CN(CC)C(C)(CC)C(C)(CC)C(=O)BNC(C)(CC)C(C)=O. The van der Waals surface area contributed by atoms with E-state index in [1.165, 1.54) is 0 Å². The first kappa shape index (κ1) is 38.0. The predicted molar refractivity (Wildman–Crippen MR) is 169 cm³/mol. The number of hydrogen-bond donors (Lipinski definition) is 1. The van der Waals surface area contributed by atoms with Crippen LogP contribution in [0.5, 0.6) is 0 Å². The van der Waals surface area contributed by atoms with E-state index in [-0.39, 0.29) is 36.3 Å². The molecule has 39 heavy (non-hydrogen) atoms. The lowest BCUT2D eigenvalue weighted by Crippen LogP contribution is -2.63. The van der Waals surface area contributed by atoms with E-state index in [0.717, 1.165) is 58.0 Å². The lowest BCUT2D eigenvalue weighted by atomic mass is 9.56. The van der Waals surface area contributed by atoms with Crippen LogP contribution in [0.1, 0.15) is 141 Å². The number of Topliss-reactive ketones (excluding diaryl/α,β-unsaturated/α-hetero) is 2. The molecule has 0 saturated carbocycles. The van der Waals surface area contributed by atoms with Gasteiger partial charge >= 0.3 is 0 Å². The fourth-order valence-electron chi connectivity index (χ4n) is 6.72. The summed E-state index contributed by atoms with van der Waals surface area (Å²) in [5, 5.41) is 3.31. The van der Waals surface area contributed by atoms with Gasteiger partial charge in [-0.1, -0.05) is 69.2 Å². The average Bonchev–Trinajstić information content (AvgIpc) is 2.92. The minimum atomic E-state index is -0.673. The highest BCUT2D eigenvalue weighted by Crippen LogP contribution is 2.43. The Hall–Kier alpha value is -1.01. The van der Waals surface area contributed by atoms with Gasteiger partial charge in [-0.15, -0.1) is 0 Å². The van der Waals surface area contributed by atoms with Crippen molar-refractivity contribution in [3.63, 3.8) is 0 Å². The second-order valence-corrected chi connectivity index (χ2v) is 13.1. The van der Waals surface area contributed by atoms with Gasteiger partial charge < -0.3 is 10.0 Å². The fourth-order valence-corrected chi connectivity index (χ4v) is 6.72. The second-order valence-electron chi connectivity index (χ2n) is 13.1. The minimum Gasteiger partial charge on any atom is -0.341 e. The van der Waals surface area contributed by atoms with Gasteiger partial charge in [0.15, 0.2) is 0 Å². The third kappa shape index (κ3) is 9.52.